The molecule has 0 aromatic heterocycles. The fraction of sp³-hybridized carbons (Fsp3) is 0.727. The number of aliphatic carboxylic acids is 2. The van der Waals surface area contributed by atoms with Crippen LogP contribution in [-0.4, -0.2) is 77.4 Å². The first-order valence-electron chi connectivity index (χ1n) is 5.94. The number of ether oxygens (including phenoxy) is 1. The first-order chi connectivity index (χ1) is 8.93. The van der Waals surface area contributed by atoms with Crippen LogP contribution in [-0.2, 0) is 14.3 Å². The lowest BCUT2D eigenvalue weighted by atomic mass is 10.1. The number of likely N-dealkylation sites (tertiary alicyclic amines) is 1. The van der Waals surface area contributed by atoms with Crippen LogP contribution in [0.2, 0.25) is 0 Å². The van der Waals surface area contributed by atoms with E-state index in [1.54, 1.807) is 7.11 Å². The van der Waals surface area contributed by atoms with Crippen molar-refractivity contribution in [1.82, 2.24) is 9.80 Å². The number of methoxy groups -OCH3 is 1. The van der Waals surface area contributed by atoms with Crippen LogP contribution in [0.15, 0.2) is 0 Å². The standard InChI is InChI=1S/C11H18N2O6/c1-19-8-2-4-12(5-3-8)11(18)13(6-9(14)15)7-10(16)17/h8H,2-7H2,1H3,(H,14,15)(H,16,17). The van der Waals surface area contributed by atoms with Crippen LogP contribution in [0.1, 0.15) is 12.8 Å². The molecule has 19 heavy (non-hydrogen) atoms. The van der Waals surface area contributed by atoms with Crippen LogP contribution in [0.5, 0.6) is 0 Å². The molecule has 0 aromatic rings. The molecule has 0 atom stereocenters. The number of urea groups is 1. The van der Waals surface area contributed by atoms with Crippen molar-refractivity contribution in [2.75, 3.05) is 33.3 Å². The topological polar surface area (TPSA) is 107 Å². The first-order valence-corrected chi connectivity index (χ1v) is 5.94. The molecule has 0 aliphatic carbocycles. The van der Waals surface area contributed by atoms with Crippen LogP contribution in [0.25, 0.3) is 0 Å². The lowest BCUT2D eigenvalue weighted by Crippen LogP contribution is -2.50. The Bertz CT molecular complexity index is 335. The number of carbonyl (C=O) groups excluding carboxylic acids is 1. The van der Waals surface area contributed by atoms with E-state index in [9.17, 15) is 14.4 Å². The van der Waals surface area contributed by atoms with Gasteiger partial charge in [0.15, 0.2) is 0 Å². The van der Waals surface area contributed by atoms with Gasteiger partial charge in [0.1, 0.15) is 13.1 Å². The average Bonchev–Trinajstić information content (AvgIpc) is 2.36. The number of rotatable bonds is 5. The van der Waals surface area contributed by atoms with Gasteiger partial charge in [-0.05, 0) is 12.8 Å². The van der Waals surface area contributed by atoms with Gasteiger partial charge in [0.2, 0.25) is 0 Å². The van der Waals surface area contributed by atoms with Gasteiger partial charge in [0.05, 0.1) is 6.10 Å². The number of nitrogens with zero attached hydrogens (tertiary/aromatic N) is 2. The van der Waals surface area contributed by atoms with Crippen molar-refractivity contribution in [3.8, 4) is 0 Å². The molecule has 8 heteroatoms. The predicted molar refractivity (Wildman–Crippen MR) is 63.8 cm³/mol. The van der Waals surface area contributed by atoms with Crippen molar-refractivity contribution in [3.05, 3.63) is 0 Å². The molecule has 2 N–H and O–H groups in total. The molecule has 0 radical (unpaired) electrons. The van der Waals surface area contributed by atoms with E-state index in [0.717, 1.165) is 4.90 Å². The number of carboxylic acids is 2. The van der Waals surface area contributed by atoms with Crippen LogP contribution in [0.3, 0.4) is 0 Å². The lowest BCUT2D eigenvalue weighted by molar-refractivity contribution is -0.140. The van der Waals surface area contributed by atoms with Gasteiger partial charge in [0.25, 0.3) is 0 Å². The third kappa shape index (κ3) is 4.74. The molecular formula is C11H18N2O6. The zero-order valence-electron chi connectivity index (χ0n) is 10.7. The predicted octanol–water partition coefficient (Wildman–Crippen LogP) is -0.312. The van der Waals surface area contributed by atoms with Gasteiger partial charge in [-0.2, -0.15) is 0 Å². The third-order valence-corrected chi connectivity index (χ3v) is 2.97. The molecule has 1 rings (SSSR count). The minimum atomic E-state index is -1.23. The fourth-order valence-corrected chi connectivity index (χ4v) is 2.00. The summed E-state index contributed by atoms with van der Waals surface area (Å²) in [5.74, 6) is -2.47. The maximum atomic E-state index is 12.0. The van der Waals surface area contributed by atoms with Crippen molar-refractivity contribution >= 4 is 18.0 Å². The summed E-state index contributed by atoms with van der Waals surface area (Å²) in [6.45, 7) is -0.356. The van der Waals surface area contributed by atoms with Crippen molar-refractivity contribution < 1.29 is 29.3 Å². The first kappa shape index (κ1) is 15.2. The van der Waals surface area contributed by atoms with Crippen molar-refractivity contribution in [2.24, 2.45) is 0 Å². The molecule has 0 aromatic carbocycles. The lowest BCUT2D eigenvalue weighted by Gasteiger charge is -2.34. The summed E-state index contributed by atoms with van der Waals surface area (Å²) >= 11 is 0. The zero-order valence-corrected chi connectivity index (χ0v) is 10.7. The summed E-state index contributed by atoms with van der Waals surface area (Å²) in [5, 5.41) is 17.4. The van der Waals surface area contributed by atoms with Gasteiger partial charge in [0, 0.05) is 20.2 Å². The number of carbonyl (C=O) groups is 3. The van der Waals surface area contributed by atoms with Gasteiger partial charge in [-0.15, -0.1) is 0 Å². The van der Waals surface area contributed by atoms with E-state index in [1.807, 2.05) is 0 Å². The Morgan fingerprint density at radius 3 is 2.00 bits per heavy atom. The molecule has 8 nitrogen and oxygen atoms in total. The van der Waals surface area contributed by atoms with Gasteiger partial charge in [-0.1, -0.05) is 0 Å². The quantitative estimate of drug-likeness (QED) is 0.712. The minimum absolute atomic E-state index is 0.0939. The molecule has 1 aliphatic heterocycles. The molecule has 0 spiro atoms. The van der Waals surface area contributed by atoms with Gasteiger partial charge in [-0.25, -0.2) is 4.79 Å². The summed E-state index contributed by atoms with van der Waals surface area (Å²) in [4.78, 5) is 35.6. The molecular weight excluding hydrogens is 256 g/mol. The smallest absolute Gasteiger partial charge is 0.323 e. The van der Waals surface area contributed by atoms with Crippen LogP contribution >= 0.6 is 0 Å². The van der Waals surface area contributed by atoms with E-state index in [-0.39, 0.29) is 6.10 Å². The molecule has 1 fully saturated rings. The summed E-state index contributed by atoms with van der Waals surface area (Å²) < 4.78 is 5.17. The van der Waals surface area contributed by atoms with E-state index in [1.165, 1.54) is 4.90 Å². The number of hydrogen-bond acceptors (Lipinski definition) is 4. The highest BCUT2D eigenvalue weighted by molar-refractivity contribution is 5.84. The zero-order chi connectivity index (χ0) is 14.4. The summed E-state index contributed by atoms with van der Waals surface area (Å²) in [6.07, 6.45) is 1.42. The minimum Gasteiger partial charge on any atom is -0.480 e. The van der Waals surface area contributed by atoms with E-state index >= 15 is 0 Å². The highest BCUT2D eigenvalue weighted by atomic mass is 16.5. The molecule has 2 amide bonds. The van der Waals surface area contributed by atoms with E-state index in [2.05, 4.69) is 0 Å². The second-order valence-electron chi connectivity index (χ2n) is 4.35. The SMILES string of the molecule is COC1CCN(C(=O)N(CC(=O)O)CC(=O)O)CC1. The van der Waals surface area contributed by atoms with E-state index < -0.39 is 31.1 Å². The summed E-state index contributed by atoms with van der Waals surface area (Å²) in [6, 6.07) is -0.556. The molecule has 1 aliphatic rings. The second kappa shape index (κ2) is 6.93. The number of amides is 2. The monoisotopic (exact) mass is 274 g/mol. The normalized spacial score (nSPS) is 16.2. The number of carboxylic acid groups (broad SMARTS) is 2. The Kier molecular flexibility index (Phi) is 5.56. The molecule has 0 unspecified atom stereocenters. The Labute approximate surface area is 110 Å². The Balaban J connectivity index is 2.60. The van der Waals surface area contributed by atoms with Crippen molar-refractivity contribution in [1.29, 1.82) is 0 Å². The highest BCUT2D eigenvalue weighted by Crippen LogP contribution is 2.14. The maximum Gasteiger partial charge on any atom is 0.323 e. The molecule has 0 bridgehead atoms. The Morgan fingerprint density at radius 1 is 1.16 bits per heavy atom. The van der Waals surface area contributed by atoms with Gasteiger partial charge < -0.3 is 24.7 Å². The van der Waals surface area contributed by atoms with Crippen molar-refractivity contribution in [2.45, 2.75) is 18.9 Å². The number of piperidine rings is 1. The fourth-order valence-electron chi connectivity index (χ4n) is 2.00. The maximum absolute atomic E-state index is 12.0. The largest absolute Gasteiger partial charge is 0.480 e. The number of hydrogen-bond donors (Lipinski definition) is 2. The Morgan fingerprint density at radius 2 is 1.63 bits per heavy atom. The summed E-state index contributed by atoms with van der Waals surface area (Å²) in [5.41, 5.74) is 0. The molecule has 1 heterocycles. The van der Waals surface area contributed by atoms with Crippen molar-refractivity contribution in [3.63, 3.8) is 0 Å². The highest BCUT2D eigenvalue weighted by Gasteiger charge is 2.28. The van der Waals surface area contributed by atoms with Crippen LogP contribution in [0, 0.1) is 0 Å². The van der Waals surface area contributed by atoms with E-state index in [0.29, 0.717) is 25.9 Å². The Hall–Kier alpha value is -1.83. The van der Waals surface area contributed by atoms with Crippen LogP contribution in [0.4, 0.5) is 4.79 Å². The summed E-state index contributed by atoms with van der Waals surface area (Å²) in [7, 11) is 1.60. The average molecular weight is 274 g/mol. The molecule has 108 valence electrons. The molecule has 1 saturated heterocycles. The van der Waals surface area contributed by atoms with E-state index in [4.69, 9.17) is 14.9 Å². The molecule has 0 saturated carbocycles. The third-order valence-electron chi connectivity index (χ3n) is 2.97. The second-order valence-corrected chi connectivity index (χ2v) is 4.35. The van der Waals surface area contributed by atoms with Gasteiger partial charge in [-0.3, -0.25) is 9.59 Å². The van der Waals surface area contributed by atoms with Crippen LogP contribution < -0.4 is 0 Å². The van der Waals surface area contributed by atoms with Gasteiger partial charge >= 0.3 is 18.0 Å².